The monoisotopic (exact) mass is 287 g/mol. The number of carbonyl (C=O) groups is 1. The number of carbonyl (C=O) groups excluding carboxylic acids is 1. The van der Waals surface area contributed by atoms with Gasteiger partial charge in [0.05, 0.1) is 0 Å². The summed E-state index contributed by atoms with van der Waals surface area (Å²) >= 11 is 0. The van der Waals surface area contributed by atoms with E-state index in [1.165, 1.54) is 5.56 Å². The molecule has 0 spiro atoms. The quantitative estimate of drug-likeness (QED) is 0.762. The molecule has 0 atom stereocenters. The van der Waals surface area contributed by atoms with Gasteiger partial charge in [-0.05, 0) is 34.9 Å². The third kappa shape index (κ3) is 3.41. The molecule has 0 aliphatic rings. The van der Waals surface area contributed by atoms with E-state index in [9.17, 15) is 4.79 Å². The van der Waals surface area contributed by atoms with E-state index in [2.05, 4.69) is 29.6 Å². The number of nitrogens with one attached hydrogen (secondary N) is 1. The molecule has 22 heavy (non-hydrogen) atoms. The summed E-state index contributed by atoms with van der Waals surface area (Å²) in [6.07, 6.45) is 0. The molecular weight excluding hydrogens is 270 g/mol. The van der Waals surface area contributed by atoms with Crippen LogP contribution in [0.15, 0.2) is 84.9 Å². The summed E-state index contributed by atoms with van der Waals surface area (Å²) in [5, 5.41) is 2.95. The lowest BCUT2D eigenvalue weighted by Crippen LogP contribution is -2.22. The van der Waals surface area contributed by atoms with Crippen molar-refractivity contribution in [2.75, 3.05) is 0 Å². The zero-order valence-electron chi connectivity index (χ0n) is 12.2. The van der Waals surface area contributed by atoms with Gasteiger partial charge in [-0.15, -0.1) is 0 Å². The Balaban J connectivity index is 1.70. The Morgan fingerprint density at radius 3 is 2.09 bits per heavy atom. The number of benzene rings is 3. The molecule has 0 unspecified atom stereocenters. The minimum absolute atomic E-state index is 0.0503. The molecule has 1 amide bonds. The Morgan fingerprint density at radius 1 is 0.727 bits per heavy atom. The Labute approximate surface area is 130 Å². The largest absolute Gasteiger partial charge is 0.348 e. The lowest BCUT2D eigenvalue weighted by molar-refractivity contribution is 0.0951. The molecule has 0 saturated heterocycles. The maximum atomic E-state index is 12.1. The van der Waals surface area contributed by atoms with Crippen LogP contribution in [0.2, 0.25) is 0 Å². The van der Waals surface area contributed by atoms with Crippen LogP contribution in [0.3, 0.4) is 0 Å². The summed E-state index contributed by atoms with van der Waals surface area (Å²) < 4.78 is 0. The van der Waals surface area contributed by atoms with E-state index in [1.54, 1.807) is 0 Å². The van der Waals surface area contributed by atoms with Crippen LogP contribution in [-0.2, 0) is 6.54 Å². The smallest absolute Gasteiger partial charge is 0.251 e. The summed E-state index contributed by atoms with van der Waals surface area (Å²) in [7, 11) is 0. The molecule has 0 aromatic heterocycles. The Kier molecular flexibility index (Phi) is 4.30. The van der Waals surface area contributed by atoms with E-state index in [4.69, 9.17) is 0 Å². The van der Waals surface area contributed by atoms with Crippen LogP contribution in [0.25, 0.3) is 11.1 Å². The van der Waals surface area contributed by atoms with Gasteiger partial charge in [-0.2, -0.15) is 0 Å². The van der Waals surface area contributed by atoms with Crippen molar-refractivity contribution in [2.45, 2.75) is 6.54 Å². The first-order chi connectivity index (χ1) is 10.8. The van der Waals surface area contributed by atoms with E-state index in [0.717, 1.165) is 11.1 Å². The third-order valence-electron chi connectivity index (χ3n) is 3.52. The summed E-state index contributed by atoms with van der Waals surface area (Å²) in [6, 6.07) is 27.7. The first kappa shape index (κ1) is 14.1. The van der Waals surface area contributed by atoms with E-state index in [1.807, 2.05) is 60.7 Å². The second-order valence-electron chi connectivity index (χ2n) is 5.12. The van der Waals surface area contributed by atoms with E-state index in [-0.39, 0.29) is 5.91 Å². The zero-order valence-corrected chi connectivity index (χ0v) is 12.2. The maximum absolute atomic E-state index is 12.1. The Hall–Kier alpha value is -2.87. The van der Waals surface area contributed by atoms with Gasteiger partial charge in [0.1, 0.15) is 0 Å². The second-order valence-corrected chi connectivity index (χ2v) is 5.12. The van der Waals surface area contributed by atoms with Crippen LogP contribution in [0, 0.1) is 0 Å². The Morgan fingerprint density at radius 2 is 1.36 bits per heavy atom. The van der Waals surface area contributed by atoms with Crippen molar-refractivity contribution < 1.29 is 4.79 Å². The van der Waals surface area contributed by atoms with Crippen LogP contribution in [0.1, 0.15) is 15.9 Å². The Bertz CT molecular complexity index is 751. The molecule has 0 aliphatic heterocycles. The third-order valence-corrected chi connectivity index (χ3v) is 3.52. The highest BCUT2D eigenvalue weighted by Gasteiger charge is 2.04. The molecule has 3 rings (SSSR count). The second kappa shape index (κ2) is 6.72. The van der Waals surface area contributed by atoms with Gasteiger partial charge in [-0.3, -0.25) is 4.79 Å². The lowest BCUT2D eigenvalue weighted by Gasteiger charge is -2.08. The fraction of sp³-hybridized carbons (Fsp3) is 0.0500. The van der Waals surface area contributed by atoms with Crippen molar-refractivity contribution >= 4 is 5.91 Å². The van der Waals surface area contributed by atoms with E-state index >= 15 is 0 Å². The summed E-state index contributed by atoms with van der Waals surface area (Å²) in [6.45, 7) is 0.522. The normalized spacial score (nSPS) is 10.2. The van der Waals surface area contributed by atoms with Crippen molar-refractivity contribution in [3.8, 4) is 11.1 Å². The molecule has 0 bridgehead atoms. The van der Waals surface area contributed by atoms with Crippen molar-refractivity contribution in [3.63, 3.8) is 0 Å². The molecule has 0 aliphatic carbocycles. The fourth-order valence-corrected chi connectivity index (χ4v) is 2.37. The highest BCUT2D eigenvalue weighted by atomic mass is 16.1. The molecule has 1 N–H and O–H groups in total. The molecule has 108 valence electrons. The number of hydrogen-bond acceptors (Lipinski definition) is 1. The molecule has 2 heteroatoms. The van der Waals surface area contributed by atoms with Gasteiger partial charge in [-0.1, -0.05) is 66.7 Å². The molecule has 0 saturated carbocycles. The van der Waals surface area contributed by atoms with Crippen LogP contribution in [0.5, 0.6) is 0 Å². The first-order valence-corrected chi connectivity index (χ1v) is 7.30. The molecule has 3 aromatic rings. The molecule has 0 fully saturated rings. The van der Waals surface area contributed by atoms with Gasteiger partial charge >= 0.3 is 0 Å². The predicted molar refractivity (Wildman–Crippen MR) is 89.5 cm³/mol. The van der Waals surface area contributed by atoms with Gasteiger partial charge in [0.15, 0.2) is 0 Å². The molecular formula is C20H17NO. The average Bonchev–Trinajstić information content (AvgIpc) is 2.61. The zero-order chi connectivity index (χ0) is 15.2. The van der Waals surface area contributed by atoms with Crippen LogP contribution in [0.4, 0.5) is 0 Å². The van der Waals surface area contributed by atoms with Crippen LogP contribution < -0.4 is 5.32 Å². The van der Waals surface area contributed by atoms with Gasteiger partial charge in [0, 0.05) is 12.1 Å². The van der Waals surface area contributed by atoms with Crippen molar-refractivity contribution in [1.29, 1.82) is 0 Å². The standard InChI is InChI=1S/C20H17NO/c22-20(18-11-5-2-6-12-18)21-15-16-8-7-13-19(14-16)17-9-3-1-4-10-17/h1-14H,15H2,(H,21,22). The van der Waals surface area contributed by atoms with E-state index < -0.39 is 0 Å². The molecule has 0 heterocycles. The summed E-state index contributed by atoms with van der Waals surface area (Å²) in [4.78, 5) is 12.1. The SMILES string of the molecule is O=C(NCc1cccc(-c2ccccc2)c1)c1ccccc1. The molecule has 0 radical (unpaired) electrons. The van der Waals surface area contributed by atoms with Gasteiger partial charge in [0.25, 0.3) is 5.91 Å². The average molecular weight is 287 g/mol. The topological polar surface area (TPSA) is 29.1 Å². The van der Waals surface area contributed by atoms with Crippen LogP contribution >= 0.6 is 0 Å². The number of hydrogen-bond donors (Lipinski definition) is 1. The van der Waals surface area contributed by atoms with Gasteiger partial charge in [-0.25, -0.2) is 0 Å². The fourth-order valence-electron chi connectivity index (χ4n) is 2.37. The lowest BCUT2D eigenvalue weighted by atomic mass is 10.0. The van der Waals surface area contributed by atoms with Gasteiger partial charge in [0.2, 0.25) is 0 Å². The predicted octanol–water partition coefficient (Wildman–Crippen LogP) is 4.28. The first-order valence-electron chi connectivity index (χ1n) is 7.30. The van der Waals surface area contributed by atoms with Crippen LogP contribution in [-0.4, -0.2) is 5.91 Å². The van der Waals surface area contributed by atoms with Crippen molar-refractivity contribution in [3.05, 3.63) is 96.1 Å². The van der Waals surface area contributed by atoms with Gasteiger partial charge < -0.3 is 5.32 Å². The highest BCUT2D eigenvalue weighted by Crippen LogP contribution is 2.19. The minimum atomic E-state index is -0.0503. The molecule has 2 nitrogen and oxygen atoms in total. The summed E-state index contributed by atoms with van der Waals surface area (Å²) in [5.41, 5.74) is 4.11. The van der Waals surface area contributed by atoms with Crippen molar-refractivity contribution in [2.24, 2.45) is 0 Å². The maximum Gasteiger partial charge on any atom is 0.251 e. The molecule has 3 aromatic carbocycles. The summed E-state index contributed by atoms with van der Waals surface area (Å²) in [5.74, 6) is -0.0503. The van der Waals surface area contributed by atoms with Crippen molar-refractivity contribution in [1.82, 2.24) is 5.32 Å². The number of rotatable bonds is 4. The highest BCUT2D eigenvalue weighted by molar-refractivity contribution is 5.94. The van der Waals surface area contributed by atoms with E-state index in [0.29, 0.717) is 12.1 Å². The minimum Gasteiger partial charge on any atom is -0.348 e. The number of amides is 1.